The quantitative estimate of drug-likeness (QED) is 0.761. The highest BCUT2D eigenvalue weighted by molar-refractivity contribution is 7.89. The molecule has 0 unspecified atom stereocenters. The van der Waals surface area contributed by atoms with E-state index in [-0.39, 0.29) is 10.8 Å². The molecule has 0 spiro atoms. The van der Waals surface area contributed by atoms with Crippen LogP contribution in [0, 0.1) is 6.92 Å². The smallest absolute Gasteiger partial charge is 0.241 e. The van der Waals surface area contributed by atoms with E-state index in [9.17, 15) is 13.2 Å². The van der Waals surface area contributed by atoms with Gasteiger partial charge in [-0.25, -0.2) is 8.42 Å². The molecule has 0 saturated heterocycles. The molecule has 1 N–H and O–H groups in total. The second kappa shape index (κ2) is 8.73. The summed E-state index contributed by atoms with van der Waals surface area (Å²) in [5.41, 5.74) is 1.89. The van der Waals surface area contributed by atoms with E-state index in [1.165, 1.54) is 24.0 Å². The van der Waals surface area contributed by atoms with Crippen molar-refractivity contribution in [1.82, 2.24) is 9.62 Å². The summed E-state index contributed by atoms with van der Waals surface area (Å²) in [5, 5.41) is 0.306. The lowest BCUT2D eigenvalue weighted by atomic mass is 10.1. The highest BCUT2D eigenvalue weighted by Gasteiger charge is 2.25. The van der Waals surface area contributed by atoms with Crippen molar-refractivity contribution in [2.45, 2.75) is 31.3 Å². The summed E-state index contributed by atoms with van der Waals surface area (Å²) in [5.74, 6) is 0.316. The number of nitrogens with zero attached hydrogens (tertiary/aromatic N) is 1. The van der Waals surface area contributed by atoms with Gasteiger partial charge in [-0.05, 0) is 38.1 Å². The molecular weight excluding hydrogens is 388 g/mol. The molecule has 0 bridgehead atoms. The van der Waals surface area contributed by atoms with Gasteiger partial charge >= 0.3 is 0 Å². The molecule has 2 aromatic carbocycles. The Hall–Kier alpha value is -2.09. The van der Waals surface area contributed by atoms with Gasteiger partial charge in [0.05, 0.1) is 18.0 Å². The molecule has 0 heterocycles. The van der Waals surface area contributed by atoms with Gasteiger partial charge in [-0.2, -0.15) is 4.72 Å². The minimum Gasteiger partial charge on any atom is -0.496 e. The van der Waals surface area contributed by atoms with Gasteiger partial charge in [0.2, 0.25) is 15.9 Å². The van der Waals surface area contributed by atoms with E-state index in [1.54, 1.807) is 26.3 Å². The van der Waals surface area contributed by atoms with Gasteiger partial charge < -0.3 is 9.64 Å². The second-order valence-electron chi connectivity index (χ2n) is 6.31. The molecule has 2 aromatic rings. The van der Waals surface area contributed by atoms with Crippen molar-refractivity contribution in [1.29, 1.82) is 0 Å². The van der Waals surface area contributed by atoms with Crippen LogP contribution in [0.3, 0.4) is 0 Å². The molecule has 0 aliphatic rings. The van der Waals surface area contributed by atoms with Crippen molar-refractivity contribution in [3.05, 3.63) is 58.6 Å². The van der Waals surface area contributed by atoms with E-state index in [2.05, 4.69) is 4.72 Å². The second-order valence-corrected chi connectivity index (χ2v) is 8.46. The van der Waals surface area contributed by atoms with Crippen LogP contribution >= 0.6 is 11.6 Å². The first-order valence-corrected chi connectivity index (χ1v) is 10.2. The summed E-state index contributed by atoms with van der Waals surface area (Å²) < 4.78 is 32.7. The number of benzene rings is 2. The number of ether oxygens (including phenoxy) is 1. The monoisotopic (exact) mass is 410 g/mol. The number of hydrogen-bond acceptors (Lipinski definition) is 4. The fourth-order valence-corrected chi connectivity index (χ4v) is 4.18. The van der Waals surface area contributed by atoms with E-state index in [0.29, 0.717) is 17.3 Å². The summed E-state index contributed by atoms with van der Waals surface area (Å²) in [4.78, 5) is 14.1. The molecule has 0 fully saturated rings. The third kappa shape index (κ3) is 5.45. The summed E-state index contributed by atoms with van der Waals surface area (Å²) >= 11 is 5.85. The van der Waals surface area contributed by atoms with E-state index in [0.717, 1.165) is 11.1 Å². The zero-order valence-corrected chi connectivity index (χ0v) is 17.3. The number of methoxy groups -OCH3 is 1. The molecule has 0 aromatic heterocycles. The Morgan fingerprint density at radius 2 is 1.96 bits per heavy atom. The largest absolute Gasteiger partial charge is 0.496 e. The molecule has 0 aliphatic heterocycles. The lowest BCUT2D eigenvalue weighted by Gasteiger charge is -2.23. The zero-order chi connectivity index (χ0) is 20.2. The first-order chi connectivity index (χ1) is 12.6. The molecule has 27 heavy (non-hydrogen) atoms. The maximum absolute atomic E-state index is 12.6. The Balaban J connectivity index is 2.11. The third-order valence-electron chi connectivity index (χ3n) is 4.03. The Morgan fingerprint density at radius 3 is 2.59 bits per heavy atom. The first-order valence-electron chi connectivity index (χ1n) is 8.30. The Kier molecular flexibility index (Phi) is 6.86. The van der Waals surface area contributed by atoms with Crippen molar-refractivity contribution in [2.24, 2.45) is 0 Å². The summed E-state index contributed by atoms with van der Waals surface area (Å²) in [7, 11) is -0.673. The first kappa shape index (κ1) is 21.2. The van der Waals surface area contributed by atoms with Crippen LogP contribution in [0.5, 0.6) is 5.75 Å². The van der Waals surface area contributed by atoms with Crippen LogP contribution in [0.4, 0.5) is 0 Å². The van der Waals surface area contributed by atoms with E-state index < -0.39 is 16.1 Å². The summed E-state index contributed by atoms with van der Waals surface area (Å²) in [6.45, 7) is 3.76. The number of aryl methyl sites for hydroxylation is 1. The van der Waals surface area contributed by atoms with Gasteiger partial charge in [-0.1, -0.05) is 35.4 Å². The van der Waals surface area contributed by atoms with Gasteiger partial charge in [0.1, 0.15) is 5.75 Å². The highest BCUT2D eigenvalue weighted by Crippen LogP contribution is 2.21. The molecule has 2 rings (SSSR count). The average Bonchev–Trinajstić information content (AvgIpc) is 2.60. The zero-order valence-electron chi connectivity index (χ0n) is 15.7. The van der Waals surface area contributed by atoms with Gasteiger partial charge in [-0.15, -0.1) is 0 Å². The van der Waals surface area contributed by atoms with Crippen LogP contribution in [-0.2, 0) is 21.4 Å². The van der Waals surface area contributed by atoms with Gasteiger partial charge in [0.25, 0.3) is 0 Å². The normalized spacial score (nSPS) is 12.5. The highest BCUT2D eigenvalue weighted by atomic mass is 35.5. The van der Waals surface area contributed by atoms with Crippen LogP contribution < -0.4 is 9.46 Å². The number of sulfonamides is 1. The molecule has 0 radical (unpaired) electrons. The maximum atomic E-state index is 12.6. The van der Waals surface area contributed by atoms with Crippen molar-refractivity contribution in [3.63, 3.8) is 0 Å². The van der Waals surface area contributed by atoms with Crippen molar-refractivity contribution < 1.29 is 17.9 Å². The molecule has 6 nitrogen and oxygen atoms in total. The minimum atomic E-state index is -3.86. The van der Waals surface area contributed by atoms with Crippen molar-refractivity contribution >= 4 is 27.5 Å². The molecule has 1 amide bonds. The molecule has 1 atom stereocenters. The van der Waals surface area contributed by atoms with Crippen LogP contribution in [0.25, 0.3) is 0 Å². The lowest BCUT2D eigenvalue weighted by Crippen LogP contribution is -2.45. The van der Waals surface area contributed by atoms with Crippen LogP contribution in [0.1, 0.15) is 18.1 Å². The number of halogens is 1. The number of carbonyl (C=O) groups excluding carboxylic acids is 1. The fraction of sp³-hybridized carbons (Fsp3) is 0.316. The van der Waals surface area contributed by atoms with Crippen molar-refractivity contribution in [3.8, 4) is 5.75 Å². The standard InChI is InChI=1S/C19H23ClN2O4S/c1-13-8-9-18(26-4)15(10-13)12-22(3)19(23)14(2)21-27(24,25)17-7-5-6-16(20)11-17/h5-11,14,21H,12H2,1-4H3/t14-/m0/s1. The number of amides is 1. The molecule has 8 heteroatoms. The van der Waals surface area contributed by atoms with E-state index >= 15 is 0 Å². The van der Waals surface area contributed by atoms with Crippen molar-refractivity contribution in [2.75, 3.05) is 14.2 Å². The molecular formula is C19H23ClN2O4S. The lowest BCUT2D eigenvalue weighted by molar-refractivity contribution is -0.131. The molecule has 146 valence electrons. The van der Waals surface area contributed by atoms with Crippen LogP contribution in [-0.4, -0.2) is 39.4 Å². The number of rotatable bonds is 7. The number of nitrogens with one attached hydrogen (secondary N) is 1. The maximum Gasteiger partial charge on any atom is 0.241 e. The Morgan fingerprint density at radius 1 is 1.26 bits per heavy atom. The van der Waals surface area contributed by atoms with E-state index in [4.69, 9.17) is 16.3 Å². The van der Waals surface area contributed by atoms with E-state index in [1.807, 2.05) is 25.1 Å². The van der Waals surface area contributed by atoms with Crippen LogP contribution in [0.2, 0.25) is 5.02 Å². The predicted octanol–water partition coefficient (Wildman–Crippen LogP) is 2.98. The van der Waals surface area contributed by atoms with Gasteiger partial charge in [0.15, 0.2) is 0 Å². The van der Waals surface area contributed by atoms with Gasteiger partial charge in [-0.3, -0.25) is 4.79 Å². The summed E-state index contributed by atoms with van der Waals surface area (Å²) in [6, 6.07) is 10.6. The third-order valence-corrected chi connectivity index (χ3v) is 5.80. The number of carbonyl (C=O) groups is 1. The minimum absolute atomic E-state index is 0.0117. The van der Waals surface area contributed by atoms with Crippen LogP contribution in [0.15, 0.2) is 47.4 Å². The fourth-order valence-electron chi connectivity index (χ4n) is 2.68. The molecule has 0 aliphatic carbocycles. The Labute approximate surface area is 165 Å². The predicted molar refractivity (Wildman–Crippen MR) is 105 cm³/mol. The number of likely N-dealkylation sites (N-methyl/N-ethyl adjacent to an activating group) is 1. The topological polar surface area (TPSA) is 75.7 Å². The molecule has 0 saturated carbocycles. The number of hydrogen-bond donors (Lipinski definition) is 1. The summed E-state index contributed by atoms with van der Waals surface area (Å²) in [6.07, 6.45) is 0. The SMILES string of the molecule is COc1ccc(C)cc1CN(C)C(=O)[C@H](C)NS(=O)(=O)c1cccc(Cl)c1. The van der Waals surface area contributed by atoms with Gasteiger partial charge in [0, 0.05) is 24.2 Å². The average molecular weight is 411 g/mol. The Bertz CT molecular complexity index is 931.